The second-order valence-corrected chi connectivity index (χ2v) is 6.80. The van der Waals surface area contributed by atoms with Crippen molar-refractivity contribution in [3.63, 3.8) is 0 Å². The average molecular weight is 356 g/mol. The number of nitrogens with one attached hydrogen (secondary N) is 2. The number of hydrogen-bond donors (Lipinski definition) is 2. The van der Waals surface area contributed by atoms with Gasteiger partial charge < -0.3 is 15.4 Å². The zero-order chi connectivity index (χ0) is 15.6. The summed E-state index contributed by atoms with van der Waals surface area (Å²) in [5.41, 5.74) is 0.340. The highest BCUT2D eigenvalue weighted by Gasteiger charge is 2.27. The number of amides is 2. The summed E-state index contributed by atoms with van der Waals surface area (Å²) in [5.74, 6) is 0.256. The van der Waals surface area contributed by atoms with Crippen LogP contribution in [0.25, 0.3) is 0 Å². The fraction of sp³-hybridized carbons (Fsp3) is 0.500. The van der Waals surface area contributed by atoms with Crippen LogP contribution in [0.1, 0.15) is 32.8 Å². The van der Waals surface area contributed by atoms with Gasteiger partial charge in [0.2, 0.25) is 5.91 Å². The molecule has 1 unspecified atom stereocenters. The number of carbonyl (C=O) groups is 2. The van der Waals surface area contributed by atoms with Crippen molar-refractivity contribution in [1.29, 1.82) is 0 Å². The van der Waals surface area contributed by atoms with Gasteiger partial charge >= 0.3 is 6.09 Å². The molecule has 0 saturated heterocycles. The lowest BCUT2D eigenvalue weighted by molar-refractivity contribution is -0.118. The van der Waals surface area contributed by atoms with Crippen molar-refractivity contribution < 1.29 is 14.3 Å². The molecule has 21 heavy (non-hydrogen) atoms. The summed E-state index contributed by atoms with van der Waals surface area (Å²) < 4.78 is 6.03. The first kappa shape index (κ1) is 15.8. The Kier molecular flexibility index (Phi) is 4.51. The van der Waals surface area contributed by atoms with Gasteiger partial charge in [0, 0.05) is 10.7 Å². The minimum absolute atomic E-state index is 0.283. The molecule has 2 amide bonds. The number of rotatable bonds is 1. The summed E-state index contributed by atoms with van der Waals surface area (Å²) >= 11 is 3.35. The fourth-order valence-electron chi connectivity index (χ4n) is 2.01. The number of halogens is 1. The SMILES string of the molecule is CC(C)(C)OC(=O)NC1CCc2cc(Br)cnc2NC1=O. The third-order valence-corrected chi connectivity index (χ3v) is 3.32. The molecule has 114 valence electrons. The van der Waals surface area contributed by atoms with Gasteiger partial charge in [-0.15, -0.1) is 0 Å². The summed E-state index contributed by atoms with van der Waals surface area (Å²) in [6.07, 6.45) is 2.17. The Bertz CT molecular complexity index is 569. The van der Waals surface area contributed by atoms with Crippen LogP contribution < -0.4 is 10.6 Å². The summed E-state index contributed by atoms with van der Waals surface area (Å²) in [6.45, 7) is 5.32. The molecular formula is C14H18BrN3O3. The van der Waals surface area contributed by atoms with Crippen LogP contribution in [0.15, 0.2) is 16.7 Å². The minimum Gasteiger partial charge on any atom is -0.444 e. The van der Waals surface area contributed by atoms with Gasteiger partial charge in [-0.05, 0) is 61.2 Å². The number of pyridine rings is 1. The molecule has 1 aromatic rings. The topological polar surface area (TPSA) is 80.3 Å². The molecule has 0 radical (unpaired) electrons. The van der Waals surface area contributed by atoms with Crippen molar-refractivity contribution in [3.8, 4) is 0 Å². The number of nitrogens with zero attached hydrogens (tertiary/aromatic N) is 1. The lowest BCUT2D eigenvalue weighted by Gasteiger charge is -2.22. The maximum absolute atomic E-state index is 12.1. The van der Waals surface area contributed by atoms with Crippen LogP contribution in [0, 0.1) is 0 Å². The smallest absolute Gasteiger partial charge is 0.408 e. The number of ether oxygens (including phenoxy) is 1. The second-order valence-electron chi connectivity index (χ2n) is 5.89. The van der Waals surface area contributed by atoms with E-state index in [9.17, 15) is 9.59 Å². The normalized spacial score (nSPS) is 18.3. The van der Waals surface area contributed by atoms with Crippen molar-refractivity contribution in [3.05, 3.63) is 22.3 Å². The van der Waals surface area contributed by atoms with E-state index in [4.69, 9.17) is 4.74 Å². The quantitative estimate of drug-likeness (QED) is 0.811. The van der Waals surface area contributed by atoms with E-state index >= 15 is 0 Å². The summed E-state index contributed by atoms with van der Waals surface area (Å²) in [4.78, 5) is 28.1. The Labute approximate surface area is 131 Å². The summed E-state index contributed by atoms with van der Waals surface area (Å²) in [7, 11) is 0. The zero-order valence-electron chi connectivity index (χ0n) is 12.2. The molecule has 1 aromatic heterocycles. The van der Waals surface area contributed by atoms with Crippen molar-refractivity contribution in [2.45, 2.75) is 45.3 Å². The molecule has 2 heterocycles. The predicted octanol–water partition coefficient (Wildman–Crippen LogP) is 2.62. The molecule has 7 heteroatoms. The van der Waals surface area contributed by atoms with Crippen molar-refractivity contribution in [2.24, 2.45) is 0 Å². The molecule has 1 aliphatic rings. The van der Waals surface area contributed by atoms with E-state index in [1.165, 1.54) is 0 Å². The van der Waals surface area contributed by atoms with E-state index in [-0.39, 0.29) is 5.91 Å². The van der Waals surface area contributed by atoms with Gasteiger partial charge in [-0.2, -0.15) is 0 Å². The first-order chi connectivity index (χ1) is 9.74. The first-order valence-electron chi connectivity index (χ1n) is 6.69. The molecule has 1 atom stereocenters. The Hall–Kier alpha value is -1.63. The van der Waals surface area contributed by atoms with E-state index in [0.29, 0.717) is 18.7 Å². The fourth-order valence-corrected chi connectivity index (χ4v) is 2.39. The molecule has 0 aromatic carbocycles. The Morgan fingerprint density at radius 3 is 2.90 bits per heavy atom. The molecule has 0 spiro atoms. The lowest BCUT2D eigenvalue weighted by atomic mass is 10.1. The van der Waals surface area contributed by atoms with E-state index in [0.717, 1.165) is 10.0 Å². The van der Waals surface area contributed by atoms with Gasteiger partial charge in [0.05, 0.1) is 0 Å². The predicted molar refractivity (Wildman–Crippen MR) is 82.0 cm³/mol. The van der Waals surface area contributed by atoms with Crippen LogP contribution in [-0.2, 0) is 16.0 Å². The number of alkyl carbamates (subject to hydrolysis) is 1. The number of anilines is 1. The van der Waals surface area contributed by atoms with Crippen molar-refractivity contribution in [2.75, 3.05) is 5.32 Å². The highest BCUT2D eigenvalue weighted by molar-refractivity contribution is 9.10. The van der Waals surface area contributed by atoms with Crippen LogP contribution in [0.5, 0.6) is 0 Å². The third-order valence-electron chi connectivity index (χ3n) is 2.88. The van der Waals surface area contributed by atoms with Crippen molar-refractivity contribution in [1.82, 2.24) is 10.3 Å². The highest BCUT2D eigenvalue weighted by atomic mass is 79.9. The first-order valence-corrected chi connectivity index (χ1v) is 7.49. The molecule has 2 N–H and O–H groups in total. The largest absolute Gasteiger partial charge is 0.444 e. The molecule has 0 fully saturated rings. The Balaban J connectivity index is 2.05. The monoisotopic (exact) mass is 355 g/mol. The Morgan fingerprint density at radius 2 is 2.24 bits per heavy atom. The number of aryl methyl sites for hydroxylation is 1. The van der Waals surface area contributed by atoms with Gasteiger partial charge in [0.1, 0.15) is 17.5 Å². The average Bonchev–Trinajstić information content (AvgIpc) is 2.48. The van der Waals surface area contributed by atoms with E-state index in [2.05, 4.69) is 31.5 Å². The van der Waals surface area contributed by atoms with E-state index in [1.54, 1.807) is 27.0 Å². The standard InChI is InChI=1S/C14H18BrN3O3/c1-14(2,3)21-13(20)17-10-5-4-8-6-9(15)7-16-11(8)18-12(10)19/h6-7,10H,4-5H2,1-3H3,(H,17,20)(H,16,18,19). The molecule has 6 nitrogen and oxygen atoms in total. The van der Waals surface area contributed by atoms with Gasteiger partial charge in [0.25, 0.3) is 0 Å². The van der Waals surface area contributed by atoms with Gasteiger partial charge in [-0.3, -0.25) is 4.79 Å². The number of carbonyl (C=O) groups excluding carboxylic acids is 2. The number of hydrogen-bond acceptors (Lipinski definition) is 4. The molecule has 0 saturated carbocycles. The molecule has 2 rings (SSSR count). The summed E-state index contributed by atoms with van der Waals surface area (Å²) in [6, 6.07) is 1.28. The zero-order valence-corrected chi connectivity index (χ0v) is 13.8. The van der Waals surface area contributed by atoms with Crippen molar-refractivity contribution >= 4 is 33.7 Å². The van der Waals surface area contributed by atoms with Crippen LogP contribution in [-0.4, -0.2) is 28.6 Å². The van der Waals surface area contributed by atoms with E-state index < -0.39 is 17.7 Å². The van der Waals surface area contributed by atoms with Crippen LogP contribution in [0.4, 0.5) is 10.6 Å². The molecule has 0 aliphatic carbocycles. The van der Waals surface area contributed by atoms with Crippen LogP contribution in [0.2, 0.25) is 0 Å². The van der Waals surface area contributed by atoms with Crippen LogP contribution >= 0.6 is 15.9 Å². The van der Waals surface area contributed by atoms with Gasteiger partial charge in [-0.1, -0.05) is 0 Å². The second kappa shape index (κ2) is 6.01. The van der Waals surface area contributed by atoms with Crippen LogP contribution in [0.3, 0.4) is 0 Å². The summed E-state index contributed by atoms with van der Waals surface area (Å²) in [5, 5.41) is 5.33. The lowest BCUT2D eigenvalue weighted by Crippen LogP contribution is -2.45. The molecule has 0 bridgehead atoms. The van der Waals surface area contributed by atoms with Gasteiger partial charge in [0.15, 0.2) is 0 Å². The third kappa shape index (κ3) is 4.42. The van der Waals surface area contributed by atoms with E-state index in [1.807, 2.05) is 6.07 Å². The maximum atomic E-state index is 12.1. The molecular weight excluding hydrogens is 338 g/mol. The highest BCUT2D eigenvalue weighted by Crippen LogP contribution is 2.23. The Morgan fingerprint density at radius 1 is 1.52 bits per heavy atom. The minimum atomic E-state index is -0.632. The van der Waals surface area contributed by atoms with Gasteiger partial charge in [-0.25, -0.2) is 9.78 Å². The molecule has 1 aliphatic heterocycles. The number of aromatic nitrogens is 1. The maximum Gasteiger partial charge on any atom is 0.408 e. The number of fused-ring (bicyclic) bond motifs is 1.